The maximum atomic E-state index is 10.8. The van der Waals surface area contributed by atoms with Crippen LogP contribution in [0.25, 0.3) is 5.65 Å². The van der Waals surface area contributed by atoms with Crippen LogP contribution in [-0.2, 0) is 6.61 Å². The Hall–Kier alpha value is -2.69. The lowest BCUT2D eigenvalue weighted by Gasteiger charge is -2.01. The molecule has 3 aromatic rings. The fourth-order valence-corrected chi connectivity index (χ4v) is 2.01. The number of para-hydroxylation sites is 1. The smallest absolute Gasteiger partial charge is 0.189 e. The number of aromatic nitrogens is 3. The third-order valence-electron chi connectivity index (χ3n) is 2.93. The zero-order valence-corrected chi connectivity index (χ0v) is 11.0. The van der Waals surface area contributed by atoms with Gasteiger partial charge in [0.25, 0.3) is 0 Å². The summed E-state index contributed by atoms with van der Waals surface area (Å²) >= 11 is 0. The first kappa shape index (κ1) is 12.3. The average molecular weight is 267 g/mol. The molecule has 0 aliphatic rings. The second-order valence-electron chi connectivity index (χ2n) is 4.47. The summed E-state index contributed by atoms with van der Waals surface area (Å²) < 4.78 is 7.22. The van der Waals surface area contributed by atoms with E-state index in [1.165, 1.54) is 0 Å². The Kier molecular flexibility index (Phi) is 3.16. The SMILES string of the molecule is Cc1cc(C=O)cn2nc(COc3ccccc3)nc12. The highest BCUT2D eigenvalue weighted by molar-refractivity contribution is 5.75. The van der Waals surface area contributed by atoms with Gasteiger partial charge in [0.05, 0.1) is 0 Å². The molecule has 2 aromatic heterocycles. The number of aryl methyl sites for hydroxylation is 1. The largest absolute Gasteiger partial charge is 0.486 e. The monoisotopic (exact) mass is 267 g/mol. The number of pyridine rings is 1. The Morgan fingerprint density at radius 2 is 2.10 bits per heavy atom. The number of ether oxygens (including phenoxy) is 1. The van der Waals surface area contributed by atoms with E-state index in [9.17, 15) is 4.79 Å². The fraction of sp³-hybridized carbons (Fsp3) is 0.133. The van der Waals surface area contributed by atoms with Crippen LogP contribution < -0.4 is 4.74 Å². The Morgan fingerprint density at radius 3 is 2.85 bits per heavy atom. The van der Waals surface area contributed by atoms with E-state index < -0.39 is 0 Å². The predicted octanol–water partition coefficient (Wildman–Crippen LogP) is 2.43. The molecule has 0 saturated heterocycles. The van der Waals surface area contributed by atoms with Crippen LogP contribution in [0.4, 0.5) is 0 Å². The Bertz CT molecular complexity index is 750. The van der Waals surface area contributed by atoms with Gasteiger partial charge in [-0.15, -0.1) is 5.10 Å². The highest BCUT2D eigenvalue weighted by Crippen LogP contribution is 2.13. The van der Waals surface area contributed by atoms with Crippen LogP contribution in [0.5, 0.6) is 5.75 Å². The summed E-state index contributed by atoms with van der Waals surface area (Å²) in [5.74, 6) is 1.36. The van der Waals surface area contributed by atoms with E-state index in [1.807, 2.05) is 37.3 Å². The standard InChI is InChI=1S/C15H13N3O2/c1-11-7-12(9-19)8-18-15(11)16-14(17-18)10-20-13-5-3-2-4-6-13/h2-9H,10H2,1H3. The van der Waals surface area contributed by atoms with Gasteiger partial charge >= 0.3 is 0 Å². The topological polar surface area (TPSA) is 56.5 Å². The van der Waals surface area contributed by atoms with Crippen molar-refractivity contribution in [2.45, 2.75) is 13.5 Å². The van der Waals surface area contributed by atoms with Gasteiger partial charge in [0, 0.05) is 11.8 Å². The Labute approximate surface area is 115 Å². The fourth-order valence-electron chi connectivity index (χ4n) is 2.01. The zero-order chi connectivity index (χ0) is 13.9. The van der Waals surface area contributed by atoms with Gasteiger partial charge in [-0.25, -0.2) is 9.50 Å². The second kappa shape index (κ2) is 5.13. The zero-order valence-electron chi connectivity index (χ0n) is 11.0. The number of carbonyl (C=O) groups excluding carboxylic acids is 1. The minimum Gasteiger partial charge on any atom is -0.486 e. The summed E-state index contributed by atoms with van der Waals surface area (Å²) in [6.45, 7) is 2.19. The van der Waals surface area contributed by atoms with Crippen molar-refractivity contribution in [2.24, 2.45) is 0 Å². The number of fused-ring (bicyclic) bond motifs is 1. The number of benzene rings is 1. The first-order valence-corrected chi connectivity index (χ1v) is 6.25. The molecule has 0 aliphatic heterocycles. The Morgan fingerprint density at radius 1 is 1.30 bits per heavy atom. The van der Waals surface area contributed by atoms with Crippen molar-refractivity contribution in [3.05, 3.63) is 59.5 Å². The van der Waals surface area contributed by atoms with Crippen molar-refractivity contribution in [3.8, 4) is 5.75 Å². The van der Waals surface area contributed by atoms with Gasteiger partial charge in [0.2, 0.25) is 0 Å². The minimum atomic E-state index is 0.293. The van der Waals surface area contributed by atoms with Crippen LogP contribution in [0.3, 0.4) is 0 Å². The number of hydrogen-bond acceptors (Lipinski definition) is 4. The van der Waals surface area contributed by atoms with Crippen LogP contribution in [0, 0.1) is 6.92 Å². The molecule has 5 heteroatoms. The van der Waals surface area contributed by atoms with Gasteiger partial charge in [0.15, 0.2) is 17.8 Å². The molecule has 0 N–H and O–H groups in total. The first-order valence-electron chi connectivity index (χ1n) is 6.25. The predicted molar refractivity (Wildman–Crippen MR) is 73.9 cm³/mol. The second-order valence-corrected chi connectivity index (χ2v) is 4.47. The molecule has 0 spiro atoms. The van der Waals surface area contributed by atoms with Gasteiger partial charge in [-0.1, -0.05) is 18.2 Å². The van der Waals surface area contributed by atoms with E-state index in [0.29, 0.717) is 18.0 Å². The molecule has 0 atom stereocenters. The molecule has 100 valence electrons. The molecule has 0 radical (unpaired) electrons. The van der Waals surface area contributed by atoms with Gasteiger partial charge < -0.3 is 4.74 Å². The van der Waals surface area contributed by atoms with Crippen LogP contribution in [0.15, 0.2) is 42.6 Å². The van der Waals surface area contributed by atoms with Crippen LogP contribution in [0.1, 0.15) is 21.7 Å². The molecule has 2 heterocycles. The number of nitrogens with zero attached hydrogens (tertiary/aromatic N) is 3. The lowest BCUT2D eigenvalue weighted by atomic mass is 10.2. The maximum Gasteiger partial charge on any atom is 0.189 e. The molecular formula is C15H13N3O2. The quantitative estimate of drug-likeness (QED) is 0.681. The number of hydrogen-bond donors (Lipinski definition) is 0. The highest BCUT2D eigenvalue weighted by Gasteiger charge is 2.08. The molecule has 3 rings (SSSR count). The van der Waals surface area contributed by atoms with Crippen LogP contribution >= 0.6 is 0 Å². The van der Waals surface area contributed by atoms with Crippen LogP contribution in [0.2, 0.25) is 0 Å². The van der Waals surface area contributed by atoms with Crippen molar-refractivity contribution in [1.29, 1.82) is 0 Å². The molecule has 0 amide bonds. The van der Waals surface area contributed by atoms with Gasteiger partial charge in [-0.2, -0.15) is 0 Å². The van der Waals surface area contributed by atoms with E-state index in [1.54, 1.807) is 16.8 Å². The van der Waals surface area contributed by atoms with Crippen molar-refractivity contribution >= 4 is 11.9 Å². The van der Waals surface area contributed by atoms with E-state index in [0.717, 1.165) is 23.2 Å². The van der Waals surface area contributed by atoms with Gasteiger partial charge in [0.1, 0.15) is 12.4 Å². The summed E-state index contributed by atoms with van der Waals surface area (Å²) in [5, 5.41) is 4.32. The molecular weight excluding hydrogens is 254 g/mol. The van der Waals surface area contributed by atoms with Crippen molar-refractivity contribution in [2.75, 3.05) is 0 Å². The van der Waals surface area contributed by atoms with Crippen molar-refractivity contribution in [1.82, 2.24) is 14.6 Å². The van der Waals surface area contributed by atoms with Crippen molar-refractivity contribution < 1.29 is 9.53 Å². The minimum absolute atomic E-state index is 0.293. The molecule has 1 aromatic carbocycles. The Balaban J connectivity index is 1.86. The van der Waals surface area contributed by atoms with Crippen LogP contribution in [-0.4, -0.2) is 20.9 Å². The third-order valence-corrected chi connectivity index (χ3v) is 2.93. The summed E-state index contributed by atoms with van der Waals surface area (Å²) in [6, 6.07) is 11.3. The number of rotatable bonds is 4. The summed E-state index contributed by atoms with van der Waals surface area (Å²) in [5.41, 5.74) is 2.23. The molecule has 0 aliphatic carbocycles. The highest BCUT2D eigenvalue weighted by atomic mass is 16.5. The summed E-state index contributed by atoms with van der Waals surface area (Å²) in [6.07, 6.45) is 2.46. The average Bonchev–Trinajstić information content (AvgIpc) is 2.89. The molecule has 0 unspecified atom stereocenters. The summed E-state index contributed by atoms with van der Waals surface area (Å²) in [7, 11) is 0. The van der Waals surface area contributed by atoms with E-state index >= 15 is 0 Å². The van der Waals surface area contributed by atoms with E-state index in [4.69, 9.17) is 4.74 Å². The number of carbonyl (C=O) groups is 1. The number of aldehydes is 1. The first-order chi connectivity index (χ1) is 9.76. The summed E-state index contributed by atoms with van der Waals surface area (Å²) in [4.78, 5) is 15.2. The van der Waals surface area contributed by atoms with E-state index in [-0.39, 0.29) is 0 Å². The van der Waals surface area contributed by atoms with E-state index in [2.05, 4.69) is 10.1 Å². The normalized spacial score (nSPS) is 10.7. The maximum absolute atomic E-state index is 10.8. The molecule has 0 bridgehead atoms. The molecule has 0 saturated carbocycles. The lowest BCUT2D eigenvalue weighted by molar-refractivity contribution is 0.112. The molecule has 20 heavy (non-hydrogen) atoms. The molecule has 0 fully saturated rings. The van der Waals surface area contributed by atoms with Crippen molar-refractivity contribution in [3.63, 3.8) is 0 Å². The van der Waals surface area contributed by atoms with Gasteiger partial charge in [-0.3, -0.25) is 4.79 Å². The molecule has 5 nitrogen and oxygen atoms in total. The van der Waals surface area contributed by atoms with Gasteiger partial charge in [-0.05, 0) is 30.7 Å². The lowest BCUT2D eigenvalue weighted by Crippen LogP contribution is -1.98. The third kappa shape index (κ3) is 2.38.